The number of carboxylic acids is 1. The van der Waals surface area contributed by atoms with Crippen LogP contribution in [0.2, 0.25) is 0 Å². The lowest BCUT2D eigenvalue weighted by molar-refractivity contribution is -0.136. The van der Waals surface area contributed by atoms with Crippen LogP contribution in [0.15, 0.2) is 83.1 Å². The Bertz CT molecular complexity index is 1420. The van der Waals surface area contributed by atoms with Crippen molar-refractivity contribution in [3.63, 3.8) is 0 Å². The zero-order valence-electron chi connectivity index (χ0n) is 20.1. The third-order valence-electron chi connectivity index (χ3n) is 5.43. The second-order valence-electron chi connectivity index (χ2n) is 8.25. The normalized spacial score (nSPS) is 11.3. The van der Waals surface area contributed by atoms with Crippen LogP contribution in [0.5, 0.6) is 0 Å². The number of amides is 1. The van der Waals surface area contributed by atoms with Crippen LogP contribution in [0.3, 0.4) is 0 Å². The summed E-state index contributed by atoms with van der Waals surface area (Å²) in [5.74, 6) is -1.78. The van der Waals surface area contributed by atoms with E-state index in [1.54, 1.807) is 48.5 Å². The van der Waals surface area contributed by atoms with Crippen molar-refractivity contribution in [3.05, 3.63) is 95.1 Å². The standard InChI is InChI=1S/C27H21F4N3O3S2/c28-20-7-5-18(6-8-20)23-16-38-26(33-23)34(21-9-11-22(12-10-21)39-27(29,30)31)15-17-1-3-19(4-2-17)25(37)32-14-13-24(35)36/h1-12,16H,13-15H2,(H,32,37)(H,35,36). The summed E-state index contributed by atoms with van der Waals surface area (Å²) in [6, 6.07) is 18.5. The molecule has 4 aromatic rings. The Hall–Kier alpha value is -3.90. The molecule has 0 radical (unpaired) electrons. The lowest BCUT2D eigenvalue weighted by Crippen LogP contribution is -2.26. The number of aromatic nitrogens is 1. The number of benzene rings is 3. The molecule has 0 aliphatic rings. The molecule has 0 spiro atoms. The Kier molecular flexibility index (Phi) is 8.87. The van der Waals surface area contributed by atoms with Gasteiger partial charge in [0.25, 0.3) is 5.91 Å². The maximum atomic E-state index is 13.4. The minimum absolute atomic E-state index is 0.00670. The van der Waals surface area contributed by atoms with Gasteiger partial charge in [-0.2, -0.15) is 13.2 Å². The Morgan fingerprint density at radius 3 is 2.26 bits per heavy atom. The van der Waals surface area contributed by atoms with E-state index in [2.05, 4.69) is 10.3 Å². The van der Waals surface area contributed by atoms with E-state index >= 15 is 0 Å². The number of nitrogens with zero attached hydrogens (tertiary/aromatic N) is 2. The monoisotopic (exact) mass is 575 g/mol. The fourth-order valence-corrected chi connectivity index (χ4v) is 4.96. The molecule has 0 atom stereocenters. The maximum Gasteiger partial charge on any atom is 0.446 e. The lowest BCUT2D eigenvalue weighted by atomic mass is 10.1. The van der Waals surface area contributed by atoms with E-state index in [0.29, 0.717) is 34.2 Å². The fourth-order valence-electron chi connectivity index (χ4n) is 3.57. The number of alkyl halides is 3. The summed E-state index contributed by atoms with van der Waals surface area (Å²) in [6.45, 7) is 0.301. The summed E-state index contributed by atoms with van der Waals surface area (Å²) >= 11 is 1.13. The molecule has 0 saturated heterocycles. The minimum atomic E-state index is -4.40. The summed E-state index contributed by atoms with van der Waals surface area (Å²) in [5.41, 5.74) is -1.30. The van der Waals surface area contributed by atoms with Crippen LogP contribution in [0, 0.1) is 5.82 Å². The van der Waals surface area contributed by atoms with Gasteiger partial charge < -0.3 is 15.3 Å². The van der Waals surface area contributed by atoms with Gasteiger partial charge in [0.15, 0.2) is 5.13 Å². The van der Waals surface area contributed by atoms with Gasteiger partial charge in [-0.15, -0.1) is 11.3 Å². The van der Waals surface area contributed by atoms with Gasteiger partial charge in [-0.05, 0) is 78.0 Å². The van der Waals surface area contributed by atoms with E-state index in [1.165, 1.54) is 35.6 Å². The molecule has 4 rings (SSSR count). The summed E-state index contributed by atoms with van der Waals surface area (Å²) in [5, 5.41) is 13.6. The van der Waals surface area contributed by atoms with Gasteiger partial charge in [-0.1, -0.05) is 12.1 Å². The largest absolute Gasteiger partial charge is 0.481 e. The topological polar surface area (TPSA) is 82.5 Å². The fraction of sp³-hybridized carbons (Fsp3) is 0.148. The molecule has 202 valence electrons. The van der Waals surface area contributed by atoms with Crippen molar-refractivity contribution >= 4 is 45.8 Å². The number of rotatable bonds is 10. The molecule has 3 aromatic carbocycles. The van der Waals surface area contributed by atoms with Crippen molar-refractivity contribution in [3.8, 4) is 11.3 Å². The highest BCUT2D eigenvalue weighted by Gasteiger charge is 2.29. The van der Waals surface area contributed by atoms with E-state index in [4.69, 9.17) is 5.11 Å². The van der Waals surface area contributed by atoms with Gasteiger partial charge in [-0.25, -0.2) is 9.37 Å². The molecule has 39 heavy (non-hydrogen) atoms. The molecule has 0 aliphatic carbocycles. The van der Waals surface area contributed by atoms with E-state index in [-0.39, 0.29) is 35.4 Å². The number of thiazole rings is 1. The summed E-state index contributed by atoms with van der Waals surface area (Å²) in [4.78, 5) is 29.5. The zero-order valence-corrected chi connectivity index (χ0v) is 21.7. The van der Waals surface area contributed by atoms with E-state index in [1.807, 2.05) is 10.3 Å². The number of carbonyl (C=O) groups excluding carboxylic acids is 1. The first-order valence-corrected chi connectivity index (χ1v) is 13.2. The van der Waals surface area contributed by atoms with Crippen LogP contribution in [0.1, 0.15) is 22.3 Å². The molecule has 12 heteroatoms. The van der Waals surface area contributed by atoms with Crippen LogP contribution < -0.4 is 10.2 Å². The van der Waals surface area contributed by atoms with Crippen molar-refractivity contribution in [1.29, 1.82) is 0 Å². The highest BCUT2D eigenvalue weighted by molar-refractivity contribution is 8.00. The average molecular weight is 576 g/mol. The number of hydrogen-bond acceptors (Lipinski definition) is 6. The molecule has 2 N–H and O–H groups in total. The highest BCUT2D eigenvalue weighted by atomic mass is 32.2. The van der Waals surface area contributed by atoms with Crippen molar-refractivity contribution in [2.24, 2.45) is 0 Å². The van der Waals surface area contributed by atoms with Gasteiger partial charge in [0.1, 0.15) is 5.82 Å². The maximum absolute atomic E-state index is 13.4. The summed E-state index contributed by atoms with van der Waals surface area (Å²) in [6.07, 6.45) is -0.188. The smallest absolute Gasteiger partial charge is 0.446 e. The second-order valence-corrected chi connectivity index (χ2v) is 10.2. The van der Waals surface area contributed by atoms with Crippen LogP contribution in [0.25, 0.3) is 11.3 Å². The van der Waals surface area contributed by atoms with Gasteiger partial charge in [0.2, 0.25) is 0 Å². The number of hydrogen-bond donors (Lipinski definition) is 2. The third-order valence-corrected chi connectivity index (χ3v) is 7.03. The Balaban J connectivity index is 1.58. The second kappa shape index (κ2) is 12.3. The van der Waals surface area contributed by atoms with Crippen LogP contribution in [0.4, 0.5) is 28.4 Å². The number of nitrogens with one attached hydrogen (secondary N) is 1. The minimum Gasteiger partial charge on any atom is -0.481 e. The molecule has 0 unspecified atom stereocenters. The molecule has 6 nitrogen and oxygen atoms in total. The van der Waals surface area contributed by atoms with Crippen molar-refractivity contribution < 1.29 is 32.3 Å². The molecule has 0 fully saturated rings. The van der Waals surface area contributed by atoms with Crippen molar-refractivity contribution in [2.75, 3.05) is 11.4 Å². The lowest BCUT2D eigenvalue weighted by Gasteiger charge is -2.23. The number of anilines is 2. The molecular formula is C27H21F4N3O3S2. The van der Waals surface area contributed by atoms with Gasteiger partial charge in [0.05, 0.1) is 18.7 Å². The number of halogens is 4. The number of carbonyl (C=O) groups is 2. The van der Waals surface area contributed by atoms with E-state index < -0.39 is 17.4 Å². The molecule has 0 saturated carbocycles. The molecule has 0 bridgehead atoms. The van der Waals surface area contributed by atoms with Crippen molar-refractivity contribution in [1.82, 2.24) is 10.3 Å². The highest BCUT2D eigenvalue weighted by Crippen LogP contribution is 2.39. The average Bonchev–Trinajstić information content (AvgIpc) is 3.37. The molecule has 1 amide bonds. The summed E-state index contributed by atoms with van der Waals surface area (Å²) < 4.78 is 51.8. The molecule has 0 aliphatic heterocycles. The summed E-state index contributed by atoms with van der Waals surface area (Å²) in [7, 11) is 0. The van der Waals surface area contributed by atoms with Crippen LogP contribution >= 0.6 is 23.1 Å². The van der Waals surface area contributed by atoms with E-state index in [0.717, 1.165) is 5.56 Å². The molecular weight excluding hydrogens is 554 g/mol. The Morgan fingerprint density at radius 1 is 0.974 bits per heavy atom. The van der Waals surface area contributed by atoms with Crippen LogP contribution in [-0.4, -0.2) is 34.0 Å². The number of carboxylic acid groups (broad SMARTS) is 1. The Labute approximate surface area is 229 Å². The molecule has 1 aromatic heterocycles. The van der Waals surface area contributed by atoms with Gasteiger partial charge in [-0.3, -0.25) is 9.59 Å². The predicted octanol–water partition coefficient (Wildman–Crippen LogP) is 7.10. The zero-order chi connectivity index (χ0) is 28.0. The van der Waals surface area contributed by atoms with Crippen LogP contribution in [-0.2, 0) is 11.3 Å². The first-order valence-electron chi connectivity index (χ1n) is 11.5. The predicted molar refractivity (Wildman–Crippen MR) is 143 cm³/mol. The first kappa shape index (κ1) is 28.1. The van der Waals surface area contributed by atoms with Crippen molar-refractivity contribution in [2.45, 2.75) is 23.4 Å². The number of thioether (sulfide) groups is 1. The van der Waals surface area contributed by atoms with E-state index in [9.17, 15) is 27.2 Å². The Morgan fingerprint density at radius 2 is 1.64 bits per heavy atom. The number of aliphatic carboxylic acids is 1. The first-order chi connectivity index (χ1) is 18.6. The van der Waals surface area contributed by atoms with Gasteiger partial charge in [0, 0.05) is 33.6 Å². The third kappa shape index (κ3) is 8.04. The molecule has 1 heterocycles. The quantitative estimate of drug-likeness (QED) is 0.155. The van der Waals surface area contributed by atoms with Gasteiger partial charge >= 0.3 is 11.5 Å². The SMILES string of the molecule is O=C(O)CCNC(=O)c1ccc(CN(c2ccc(SC(F)(F)F)cc2)c2nc(-c3ccc(F)cc3)cs2)cc1.